The molecule has 1 heterocycles. The molecule has 2 aromatic rings. The highest BCUT2D eigenvalue weighted by Crippen LogP contribution is 2.29. The van der Waals surface area contributed by atoms with Crippen LogP contribution in [-0.4, -0.2) is 54.2 Å². The van der Waals surface area contributed by atoms with Crippen molar-refractivity contribution in [1.29, 1.82) is 0 Å². The lowest BCUT2D eigenvalue weighted by atomic mass is 9.92. The van der Waals surface area contributed by atoms with Crippen LogP contribution in [0.3, 0.4) is 0 Å². The van der Waals surface area contributed by atoms with E-state index in [1.165, 1.54) is 32.2 Å². The van der Waals surface area contributed by atoms with Crippen molar-refractivity contribution in [2.24, 2.45) is 0 Å². The van der Waals surface area contributed by atoms with E-state index in [1.807, 2.05) is 55.5 Å². The van der Waals surface area contributed by atoms with Crippen molar-refractivity contribution in [1.82, 2.24) is 9.80 Å². The molecule has 1 aliphatic rings. The zero-order valence-electron chi connectivity index (χ0n) is 19.0. The second-order valence-corrected chi connectivity index (χ2v) is 9.28. The number of rotatable bonds is 11. The second kappa shape index (κ2) is 11.9. The van der Waals surface area contributed by atoms with Crippen molar-refractivity contribution in [2.45, 2.75) is 51.6 Å². The van der Waals surface area contributed by atoms with Crippen LogP contribution in [-0.2, 0) is 5.60 Å². The Kier molecular flexibility index (Phi) is 9.21. The van der Waals surface area contributed by atoms with Gasteiger partial charge in [0.1, 0.15) is 11.5 Å². The lowest BCUT2D eigenvalue weighted by Gasteiger charge is -2.36. The fourth-order valence-electron chi connectivity index (χ4n) is 4.04. The molecule has 0 aromatic heterocycles. The van der Waals surface area contributed by atoms with E-state index in [9.17, 15) is 5.11 Å². The molecular weight excluding hydrogens is 408 g/mol. The number of piperazine rings is 1. The molecular formula is C26H37ClN2O2. The first-order valence-corrected chi connectivity index (χ1v) is 12.0. The average molecular weight is 445 g/mol. The van der Waals surface area contributed by atoms with Crippen LogP contribution >= 0.6 is 11.6 Å². The van der Waals surface area contributed by atoms with Gasteiger partial charge in [0, 0.05) is 37.7 Å². The van der Waals surface area contributed by atoms with Crippen LogP contribution in [0, 0.1) is 0 Å². The summed E-state index contributed by atoms with van der Waals surface area (Å²) in [6.45, 7) is 10.8. The van der Waals surface area contributed by atoms with Gasteiger partial charge in [0.25, 0.3) is 0 Å². The lowest BCUT2D eigenvalue weighted by molar-refractivity contribution is 0.0283. The molecule has 1 N–H and O–H groups in total. The Balaban J connectivity index is 1.42. The SMILES string of the molecule is CCCCCCN1CCN(CCC(C)(O)c2ccc(Oc3ccc(Cl)cc3)cc2)CC1. The van der Waals surface area contributed by atoms with Gasteiger partial charge in [0.05, 0.1) is 5.60 Å². The van der Waals surface area contributed by atoms with Crippen LogP contribution in [0.1, 0.15) is 51.5 Å². The minimum absolute atomic E-state index is 0.687. The van der Waals surface area contributed by atoms with Crippen LogP contribution in [0.5, 0.6) is 11.5 Å². The molecule has 0 spiro atoms. The minimum atomic E-state index is -0.851. The van der Waals surface area contributed by atoms with Gasteiger partial charge in [0.15, 0.2) is 0 Å². The molecule has 170 valence electrons. The largest absolute Gasteiger partial charge is 0.457 e. The Hall–Kier alpha value is -1.59. The molecule has 5 heteroatoms. The van der Waals surface area contributed by atoms with Gasteiger partial charge in [0.2, 0.25) is 0 Å². The summed E-state index contributed by atoms with van der Waals surface area (Å²) in [7, 11) is 0. The van der Waals surface area contributed by atoms with Crippen LogP contribution < -0.4 is 4.74 Å². The predicted octanol–water partition coefficient (Wildman–Crippen LogP) is 5.93. The van der Waals surface area contributed by atoms with Gasteiger partial charge in [-0.15, -0.1) is 0 Å². The summed E-state index contributed by atoms with van der Waals surface area (Å²) in [5.41, 5.74) is 0.0707. The van der Waals surface area contributed by atoms with Gasteiger partial charge in [-0.2, -0.15) is 0 Å². The van der Waals surface area contributed by atoms with Gasteiger partial charge in [-0.1, -0.05) is 49.9 Å². The van der Waals surface area contributed by atoms with Crippen molar-refractivity contribution in [3.8, 4) is 11.5 Å². The molecule has 3 rings (SSSR count). The van der Waals surface area contributed by atoms with Crippen molar-refractivity contribution in [3.05, 3.63) is 59.1 Å². The Morgan fingerprint density at radius 2 is 1.39 bits per heavy atom. The quantitative estimate of drug-likeness (QED) is 0.436. The smallest absolute Gasteiger partial charge is 0.127 e. The third kappa shape index (κ3) is 7.80. The topological polar surface area (TPSA) is 35.9 Å². The molecule has 31 heavy (non-hydrogen) atoms. The minimum Gasteiger partial charge on any atom is -0.457 e. The standard InChI is InChI=1S/C26H37ClN2O2/c1-3-4-5-6-16-28-18-20-29(21-19-28)17-15-26(2,30)22-7-11-24(12-8-22)31-25-13-9-23(27)10-14-25/h7-14,30H,3-6,15-21H2,1-2H3. The van der Waals surface area contributed by atoms with Crippen molar-refractivity contribution in [2.75, 3.05) is 39.3 Å². The molecule has 0 amide bonds. The van der Waals surface area contributed by atoms with E-state index in [0.717, 1.165) is 56.2 Å². The van der Waals surface area contributed by atoms with E-state index in [0.29, 0.717) is 5.02 Å². The molecule has 2 aromatic carbocycles. The van der Waals surface area contributed by atoms with Crippen molar-refractivity contribution < 1.29 is 9.84 Å². The van der Waals surface area contributed by atoms with Gasteiger partial charge < -0.3 is 19.6 Å². The third-order valence-corrected chi connectivity index (χ3v) is 6.49. The van der Waals surface area contributed by atoms with Gasteiger partial charge in [-0.3, -0.25) is 0 Å². The number of aliphatic hydroxyl groups is 1. The molecule has 4 nitrogen and oxygen atoms in total. The molecule has 0 saturated carbocycles. The van der Waals surface area contributed by atoms with Crippen LogP contribution in [0.4, 0.5) is 0 Å². The summed E-state index contributed by atoms with van der Waals surface area (Å²) in [6.07, 6.45) is 6.04. The highest BCUT2D eigenvalue weighted by Gasteiger charge is 2.25. The summed E-state index contributed by atoms with van der Waals surface area (Å²) < 4.78 is 5.85. The second-order valence-electron chi connectivity index (χ2n) is 8.85. The summed E-state index contributed by atoms with van der Waals surface area (Å²) in [5, 5.41) is 11.7. The number of hydrogen-bond acceptors (Lipinski definition) is 4. The van der Waals surface area contributed by atoms with Gasteiger partial charge in [-0.25, -0.2) is 0 Å². The van der Waals surface area contributed by atoms with Gasteiger partial charge in [-0.05, 0) is 68.3 Å². The van der Waals surface area contributed by atoms with Crippen molar-refractivity contribution >= 4 is 11.6 Å². The molecule has 1 saturated heterocycles. The van der Waals surface area contributed by atoms with E-state index < -0.39 is 5.60 Å². The number of ether oxygens (including phenoxy) is 1. The van der Waals surface area contributed by atoms with E-state index in [-0.39, 0.29) is 0 Å². The Morgan fingerprint density at radius 1 is 0.839 bits per heavy atom. The number of halogens is 1. The Bertz CT molecular complexity index is 769. The van der Waals surface area contributed by atoms with E-state index >= 15 is 0 Å². The summed E-state index contributed by atoms with van der Waals surface area (Å²) in [6, 6.07) is 15.0. The van der Waals surface area contributed by atoms with E-state index in [4.69, 9.17) is 16.3 Å². The van der Waals surface area contributed by atoms with Crippen molar-refractivity contribution in [3.63, 3.8) is 0 Å². The number of unbranched alkanes of at least 4 members (excludes halogenated alkanes) is 3. The number of benzene rings is 2. The zero-order valence-corrected chi connectivity index (χ0v) is 19.8. The normalized spacial score (nSPS) is 17.4. The van der Waals surface area contributed by atoms with Crippen LogP contribution in [0.15, 0.2) is 48.5 Å². The zero-order chi connectivity index (χ0) is 22.1. The summed E-state index contributed by atoms with van der Waals surface area (Å²) in [5.74, 6) is 1.49. The first kappa shape index (κ1) is 24.1. The maximum absolute atomic E-state index is 11.1. The Labute approximate surface area is 192 Å². The van der Waals surface area contributed by atoms with Gasteiger partial charge >= 0.3 is 0 Å². The molecule has 1 unspecified atom stereocenters. The highest BCUT2D eigenvalue weighted by atomic mass is 35.5. The Morgan fingerprint density at radius 3 is 1.97 bits per heavy atom. The average Bonchev–Trinajstić information content (AvgIpc) is 2.78. The maximum atomic E-state index is 11.1. The predicted molar refractivity (Wildman–Crippen MR) is 129 cm³/mol. The molecule has 0 radical (unpaired) electrons. The first-order valence-electron chi connectivity index (χ1n) is 11.7. The highest BCUT2D eigenvalue weighted by molar-refractivity contribution is 6.30. The first-order chi connectivity index (χ1) is 15.0. The molecule has 1 aliphatic heterocycles. The number of nitrogens with zero attached hydrogens (tertiary/aromatic N) is 2. The summed E-state index contributed by atoms with van der Waals surface area (Å²) in [4.78, 5) is 5.07. The summed E-state index contributed by atoms with van der Waals surface area (Å²) >= 11 is 5.92. The van der Waals surface area contributed by atoms with Crippen LogP contribution in [0.25, 0.3) is 0 Å². The molecule has 0 aliphatic carbocycles. The van der Waals surface area contributed by atoms with E-state index in [1.54, 1.807) is 0 Å². The van der Waals surface area contributed by atoms with E-state index in [2.05, 4.69) is 16.7 Å². The third-order valence-electron chi connectivity index (χ3n) is 6.23. The maximum Gasteiger partial charge on any atom is 0.127 e. The fraction of sp³-hybridized carbons (Fsp3) is 0.538. The monoisotopic (exact) mass is 444 g/mol. The lowest BCUT2D eigenvalue weighted by Crippen LogP contribution is -2.47. The molecule has 0 bridgehead atoms. The van der Waals surface area contributed by atoms with Crippen LogP contribution in [0.2, 0.25) is 5.02 Å². The molecule has 1 atom stereocenters. The molecule has 1 fully saturated rings. The fourth-order valence-corrected chi connectivity index (χ4v) is 4.17. The number of hydrogen-bond donors (Lipinski definition) is 1.